The monoisotopic (exact) mass is 251 g/mol. The summed E-state index contributed by atoms with van der Waals surface area (Å²) >= 11 is 0. The van der Waals surface area contributed by atoms with Gasteiger partial charge >= 0.3 is 6.09 Å². The fourth-order valence-corrected chi connectivity index (χ4v) is 2.65. The van der Waals surface area contributed by atoms with Crippen molar-refractivity contribution in [3.05, 3.63) is 35.6 Å². The predicted octanol–water partition coefficient (Wildman–Crippen LogP) is 2.89. The van der Waals surface area contributed by atoms with Gasteiger partial charge in [-0.1, -0.05) is 18.6 Å². The first kappa shape index (κ1) is 12.9. The third-order valence-corrected chi connectivity index (χ3v) is 3.53. The van der Waals surface area contributed by atoms with E-state index in [1.165, 1.54) is 13.2 Å². The maximum Gasteiger partial charge on any atom is 0.407 e. The van der Waals surface area contributed by atoms with Gasteiger partial charge in [-0.3, -0.25) is 0 Å². The van der Waals surface area contributed by atoms with Crippen LogP contribution >= 0.6 is 0 Å². The van der Waals surface area contributed by atoms with Crippen molar-refractivity contribution in [2.24, 2.45) is 5.92 Å². The highest BCUT2D eigenvalue weighted by Gasteiger charge is 2.28. The second-order valence-corrected chi connectivity index (χ2v) is 4.77. The molecule has 1 N–H and O–H groups in total. The zero-order chi connectivity index (χ0) is 13.0. The van der Waals surface area contributed by atoms with E-state index < -0.39 is 0 Å². The van der Waals surface area contributed by atoms with Crippen LogP contribution in [0.2, 0.25) is 0 Å². The third kappa shape index (κ3) is 3.22. The summed E-state index contributed by atoms with van der Waals surface area (Å²) in [4.78, 5) is 11.2. The molecule has 0 aromatic heterocycles. The molecule has 98 valence electrons. The summed E-state index contributed by atoms with van der Waals surface area (Å²) in [5, 5.41) is 2.86. The van der Waals surface area contributed by atoms with Gasteiger partial charge in [0, 0.05) is 6.04 Å². The summed E-state index contributed by atoms with van der Waals surface area (Å²) < 4.78 is 17.7. The minimum atomic E-state index is -0.383. The van der Waals surface area contributed by atoms with Gasteiger partial charge in [-0.05, 0) is 42.9 Å². The minimum Gasteiger partial charge on any atom is -0.453 e. The van der Waals surface area contributed by atoms with Crippen molar-refractivity contribution < 1.29 is 13.9 Å². The number of halogens is 1. The van der Waals surface area contributed by atoms with Gasteiger partial charge in [-0.25, -0.2) is 9.18 Å². The summed E-state index contributed by atoms with van der Waals surface area (Å²) in [6.07, 6.45) is 3.53. The average molecular weight is 251 g/mol. The Hall–Kier alpha value is -1.58. The van der Waals surface area contributed by atoms with Crippen molar-refractivity contribution in [3.63, 3.8) is 0 Å². The molecule has 1 amide bonds. The summed E-state index contributed by atoms with van der Waals surface area (Å²) in [6, 6.07) is 6.80. The number of rotatable bonds is 3. The van der Waals surface area contributed by atoms with Crippen molar-refractivity contribution in [1.29, 1.82) is 0 Å². The van der Waals surface area contributed by atoms with E-state index in [-0.39, 0.29) is 18.0 Å². The number of carbonyl (C=O) groups excluding carboxylic acids is 1. The van der Waals surface area contributed by atoms with Crippen molar-refractivity contribution >= 4 is 6.09 Å². The smallest absolute Gasteiger partial charge is 0.407 e. The number of ether oxygens (including phenoxy) is 1. The molecule has 0 heterocycles. The number of hydrogen-bond acceptors (Lipinski definition) is 2. The van der Waals surface area contributed by atoms with Crippen LogP contribution in [0.25, 0.3) is 0 Å². The number of amides is 1. The first-order valence-corrected chi connectivity index (χ1v) is 6.28. The van der Waals surface area contributed by atoms with Crippen LogP contribution in [-0.2, 0) is 11.2 Å². The van der Waals surface area contributed by atoms with E-state index in [1.54, 1.807) is 12.1 Å². The van der Waals surface area contributed by atoms with Gasteiger partial charge in [0.25, 0.3) is 0 Å². The van der Waals surface area contributed by atoms with Gasteiger partial charge < -0.3 is 10.1 Å². The second kappa shape index (κ2) is 5.85. The van der Waals surface area contributed by atoms with Gasteiger partial charge in [0.05, 0.1) is 7.11 Å². The Labute approximate surface area is 106 Å². The fraction of sp³-hybridized carbons (Fsp3) is 0.500. The van der Waals surface area contributed by atoms with Gasteiger partial charge in [0.15, 0.2) is 0 Å². The molecule has 1 aliphatic carbocycles. The van der Waals surface area contributed by atoms with Gasteiger partial charge in [0.1, 0.15) is 5.82 Å². The highest BCUT2D eigenvalue weighted by molar-refractivity contribution is 5.67. The van der Waals surface area contributed by atoms with Crippen molar-refractivity contribution in [1.82, 2.24) is 5.32 Å². The minimum absolute atomic E-state index is 0.140. The lowest BCUT2D eigenvalue weighted by Gasteiger charge is -2.20. The lowest BCUT2D eigenvalue weighted by molar-refractivity contribution is 0.163. The number of alkyl carbamates (subject to hydrolysis) is 1. The van der Waals surface area contributed by atoms with Crippen LogP contribution in [-0.4, -0.2) is 19.2 Å². The lowest BCUT2D eigenvalue weighted by Crippen LogP contribution is -2.37. The predicted molar refractivity (Wildman–Crippen MR) is 66.8 cm³/mol. The first-order chi connectivity index (χ1) is 8.69. The van der Waals surface area contributed by atoms with Crippen LogP contribution < -0.4 is 5.32 Å². The van der Waals surface area contributed by atoms with Crippen LogP contribution in [0.4, 0.5) is 9.18 Å². The van der Waals surface area contributed by atoms with Crippen molar-refractivity contribution in [2.75, 3.05) is 7.11 Å². The number of hydrogen-bond donors (Lipinski definition) is 1. The summed E-state index contributed by atoms with van der Waals surface area (Å²) in [5.41, 5.74) is 0.985. The Bertz CT molecular complexity index is 422. The fourth-order valence-electron chi connectivity index (χ4n) is 2.65. The molecular weight excluding hydrogens is 233 g/mol. The van der Waals surface area contributed by atoms with Crippen LogP contribution in [0.15, 0.2) is 24.3 Å². The summed E-state index contributed by atoms with van der Waals surface area (Å²) in [7, 11) is 1.37. The molecule has 0 radical (unpaired) electrons. The van der Waals surface area contributed by atoms with Gasteiger partial charge in [0.2, 0.25) is 0 Å². The highest BCUT2D eigenvalue weighted by Crippen LogP contribution is 2.29. The van der Waals surface area contributed by atoms with E-state index in [0.717, 1.165) is 31.2 Å². The quantitative estimate of drug-likeness (QED) is 0.897. The molecular formula is C14H18FNO2. The topological polar surface area (TPSA) is 38.3 Å². The molecule has 4 heteroatoms. The van der Waals surface area contributed by atoms with Crippen LogP contribution in [0, 0.1) is 11.7 Å². The second-order valence-electron chi connectivity index (χ2n) is 4.77. The molecule has 1 saturated carbocycles. The first-order valence-electron chi connectivity index (χ1n) is 6.28. The largest absolute Gasteiger partial charge is 0.453 e. The molecule has 0 saturated heterocycles. The van der Waals surface area contributed by atoms with Gasteiger partial charge in [-0.2, -0.15) is 0 Å². The highest BCUT2D eigenvalue weighted by atomic mass is 19.1. The maximum atomic E-state index is 13.1. The van der Waals surface area contributed by atoms with Crippen LogP contribution in [0.5, 0.6) is 0 Å². The Balaban J connectivity index is 1.97. The molecule has 0 spiro atoms. The Morgan fingerprint density at radius 1 is 1.50 bits per heavy atom. The molecule has 1 fully saturated rings. The standard InChI is InChI=1S/C14H18FNO2/c1-18-14(17)16-13-7-3-5-11(13)8-10-4-2-6-12(15)9-10/h2,4,6,9,11,13H,3,5,7-8H2,1H3,(H,16,17)/t11-,13+/m1/s1. The Kier molecular flexibility index (Phi) is 4.18. The van der Waals surface area contributed by atoms with Crippen molar-refractivity contribution in [2.45, 2.75) is 31.7 Å². The molecule has 3 nitrogen and oxygen atoms in total. The van der Waals surface area contributed by atoms with Crippen molar-refractivity contribution in [3.8, 4) is 0 Å². The SMILES string of the molecule is COC(=O)N[C@H]1CCC[C@@H]1Cc1cccc(F)c1. The van der Waals surface area contributed by atoms with E-state index >= 15 is 0 Å². The zero-order valence-corrected chi connectivity index (χ0v) is 10.5. The van der Waals surface area contributed by atoms with E-state index in [2.05, 4.69) is 10.1 Å². The molecule has 2 atom stereocenters. The summed E-state index contributed by atoms with van der Waals surface area (Å²) in [5.74, 6) is 0.161. The number of carbonyl (C=O) groups is 1. The van der Waals surface area contributed by atoms with Crippen LogP contribution in [0.3, 0.4) is 0 Å². The van der Waals surface area contributed by atoms with Gasteiger partial charge in [-0.15, -0.1) is 0 Å². The average Bonchev–Trinajstić information content (AvgIpc) is 2.76. The number of nitrogens with one attached hydrogen (secondary N) is 1. The molecule has 18 heavy (non-hydrogen) atoms. The normalized spacial score (nSPS) is 22.8. The Morgan fingerprint density at radius 3 is 3.06 bits per heavy atom. The number of methoxy groups -OCH3 is 1. The molecule has 0 bridgehead atoms. The third-order valence-electron chi connectivity index (χ3n) is 3.53. The number of benzene rings is 1. The lowest BCUT2D eigenvalue weighted by atomic mass is 9.94. The molecule has 1 aromatic rings. The van der Waals surface area contributed by atoms with E-state index in [1.807, 2.05) is 6.07 Å². The molecule has 0 unspecified atom stereocenters. The molecule has 1 aromatic carbocycles. The zero-order valence-electron chi connectivity index (χ0n) is 10.5. The van der Waals surface area contributed by atoms with Crippen LogP contribution in [0.1, 0.15) is 24.8 Å². The van der Waals surface area contributed by atoms with E-state index in [0.29, 0.717) is 5.92 Å². The summed E-state index contributed by atoms with van der Waals surface area (Å²) in [6.45, 7) is 0. The molecule has 2 rings (SSSR count). The Morgan fingerprint density at radius 2 is 2.33 bits per heavy atom. The van der Waals surface area contributed by atoms with E-state index in [9.17, 15) is 9.18 Å². The maximum absolute atomic E-state index is 13.1. The molecule has 1 aliphatic rings. The molecule has 0 aliphatic heterocycles. The van der Waals surface area contributed by atoms with E-state index in [4.69, 9.17) is 0 Å².